The molecule has 9 nitrogen and oxygen atoms in total. The van der Waals surface area contributed by atoms with Gasteiger partial charge >= 0.3 is 0 Å². The fraction of sp³-hybridized carbons (Fsp3) is 0.235. The van der Waals surface area contributed by atoms with Crippen LogP contribution in [-0.2, 0) is 0 Å². The summed E-state index contributed by atoms with van der Waals surface area (Å²) < 4.78 is 10.5. The van der Waals surface area contributed by atoms with Crippen LogP contribution in [0.15, 0.2) is 28.7 Å². The van der Waals surface area contributed by atoms with Gasteiger partial charge in [-0.05, 0) is 41.9 Å². The van der Waals surface area contributed by atoms with Crippen molar-refractivity contribution in [2.45, 2.75) is 13.8 Å². The molecule has 0 aliphatic carbocycles. The average Bonchev–Trinajstić information content (AvgIpc) is 2.62. The van der Waals surface area contributed by atoms with Gasteiger partial charge in [0.05, 0.1) is 35.1 Å². The molecule has 0 atom stereocenters. The van der Waals surface area contributed by atoms with E-state index in [9.17, 15) is 20.2 Å². The molecule has 0 fully saturated rings. The highest BCUT2D eigenvalue weighted by Gasteiger charge is 2.15. The summed E-state index contributed by atoms with van der Waals surface area (Å²) in [7, 11) is 2.95. The molecule has 142 valence electrons. The second-order valence-electron chi connectivity index (χ2n) is 5.21. The number of hydrogen-bond donors (Lipinski definition) is 0. The van der Waals surface area contributed by atoms with Crippen molar-refractivity contribution in [3.05, 3.63) is 71.5 Å². The number of halogens is 1. The summed E-state index contributed by atoms with van der Waals surface area (Å²) in [4.78, 5) is 23.3. The van der Waals surface area contributed by atoms with Crippen LogP contribution < -0.4 is 9.47 Å². The molecule has 0 saturated carbocycles. The Morgan fingerprint density at radius 1 is 0.926 bits per heavy atom. The molecule has 0 saturated heterocycles. The summed E-state index contributed by atoms with van der Waals surface area (Å²) in [6.45, 7) is 10.1. The van der Waals surface area contributed by atoms with Crippen molar-refractivity contribution in [1.82, 2.24) is 0 Å². The lowest BCUT2D eigenvalue weighted by Crippen LogP contribution is -1.93. The molecule has 2 aromatic carbocycles. The van der Waals surface area contributed by atoms with Gasteiger partial charge in [-0.15, -0.1) is 0 Å². The van der Waals surface area contributed by atoms with Crippen LogP contribution in [0.2, 0.25) is 0 Å². The molecule has 0 radical (unpaired) electrons. The topological polar surface area (TPSA) is 109 Å². The van der Waals surface area contributed by atoms with Gasteiger partial charge in [0.2, 0.25) is 5.69 Å². The largest absolute Gasteiger partial charge is 0.508 e. The molecule has 27 heavy (non-hydrogen) atoms. The summed E-state index contributed by atoms with van der Waals surface area (Å²) in [6.07, 6.45) is 0. The first-order chi connectivity index (χ1) is 12.7. The number of nitrogens with zero attached hydrogens (tertiary/aromatic N) is 3. The number of methoxy groups -OCH3 is 2. The van der Waals surface area contributed by atoms with Gasteiger partial charge in [0, 0.05) is 23.3 Å². The third-order valence-corrected chi connectivity index (χ3v) is 4.10. The molecule has 10 heteroatoms. The molecule has 0 amide bonds. The predicted octanol–water partition coefficient (Wildman–Crippen LogP) is 5.14. The number of aryl methyl sites for hydroxylation is 2. The van der Waals surface area contributed by atoms with Crippen molar-refractivity contribution >= 4 is 33.0 Å². The zero-order valence-corrected chi connectivity index (χ0v) is 16.6. The molecule has 0 N–H and O–H groups in total. The molecule has 0 aromatic heterocycles. The van der Waals surface area contributed by atoms with Gasteiger partial charge in [-0.3, -0.25) is 20.2 Å². The predicted molar refractivity (Wildman–Crippen MR) is 103 cm³/mol. The molecule has 0 bridgehead atoms. The highest BCUT2D eigenvalue weighted by molar-refractivity contribution is 9.10. The van der Waals surface area contributed by atoms with Crippen LogP contribution in [0.3, 0.4) is 0 Å². The Labute approximate surface area is 163 Å². The van der Waals surface area contributed by atoms with E-state index in [0.29, 0.717) is 27.1 Å². The monoisotopic (exact) mass is 437 g/mol. The second-order valence-corrected chi connectivity index (χ2v) is 6.06. The Morgan fingerprint density at radius 2 is 1.37 bits per heavy atom. The zero-order chi connectivity index (χ0) is 20.7. The molecule has 0 heterocycles. The fourth-order valence-electron chi connectivity index (χ4n) is 2.10. The number of ether oxygens (including phenoxy) is 2. The first kappa shape index (κ1) is 21.9. The Bertz CT molecular complexity index is 924. The first-order valence-electron chi connectivity index (χ1n) is 7.35. The lowest BCUT2D eigenvalue weighted by atomic mass is 10.1. The van der Waals surface area contributed by atoms with Gasteiger partial charge in [-0.2, -0.15) is 0 Å². The Kier molecular flexibility index (Phi) is 7.68. The van der Waals surface area contributed by atoms with E-state index in [1.165, 1.54) is 32.4 Å². The molecular weight excluding hydrogens is 422 g/mol. The van der Waals surface area contributed by atoms with Crippen LogP contribution in [0.5, 0.6) is 11.5 Å². The lowest BCUT2D eigenvalue weighted by Gasteiger charge is -2.04. The maximum atomic E-state index is 10.6. The van der Waals surface area contributed by atoms with Crippen LogP contribution in [0, 0.1) is 40.6 Å². The van der Waals surface area contributed by atoms with Gasteiger partial charge in [0.25, 0.3) is 11.4 Å². The van der Waals surface area contributed by atoms with Crippen molar-refractivity contribution in [2.75, 3.05) is 14.2 Å². The zero-order valence-electron chi connectivity index (χ0n) is 15.0. The minimum absolute atomic E-state index is 0.0585. The van der Waals surface area contributed by atoms with E-state index in [4.69, 9.17) is 16.0 Å². The highest BCUT2D eigenvalue weighted by atomic mass is 79.9. The van der Waals surface area contributed by atoms with E-state index in [0.717, 1.165) is 0 Å². The van der Waals surface area contributed by atoms with Crippen molar-refractivity contribution in [2.24, 2.45) is 0 Å². The van der Waals surface area contributed by atoms with Gasteiger partial charge in [0.15, 0.2) is 0 Å². The highest BCUT2D eigenvalue weighted by Crippen LogP contribution is 2.34. The Balaban J connectivity index is 0.000000271. The smallest absolute Gasteiger partial charge is 0.273 e. The standard InChI is InChI=1S/C9H8N2O3.C8H8BrNO3/c1-6-4-9(14-3)7(10-2)5-8(6)11(12)13;1-5-3-8(13-2)6(9)4-7(5)10(11)12/h4-5H,1,3H3;3-4H,1-2H3. The van der Waals surface area contributed by atoms with Gasteiger partial charge in [-0.25, -0.2) is 4.85 Å². The number of nitro groups is 2. The fourth-order valence-corrected chi connectivity index (χ4v) is 2.60. The Hall–Kier alpha value is -3.19. The van der Waals surface area contributed by atoms with Crippen LogP contribution in [0.25, 0.3) is 4.85 Å². The minimum Gasteiger partial charge on any atom is -0.508 e. The van der Waals surface area contributed by atoms with E-state index >= 15 is 0 Å². The summed E-state index contributed by atoms with van der Waals surface area (Å²) in [5, 5.41) is 21.1. The summed E-state index contributed by atoms with van der Waals surface area (Å²) in [6, 6.07) is 5.78. The maximum Gasteiger partial charge on any atom is 0.273 e. The SMILES string of the molecule is COc1cc(C)c([N+](=O)[O-])cc1Br.[C-]#[N+]c1cc([N+](=O)[O-])c(C)cc1OC. The molecule has 2 rings (SSSR count). The quantitative estimate of drug-likeness (QED) is 0.372. The number of rotatable bonds is 4. The van der Waals surface area contributed by atoms with Crippen molar-refractivity contribution in [3.8, 4) is 11.5 Å². The van der Waals surface area contributed by atoms with Crippen molar-refractivity contribution < 1.29 is 19.3 Å². The number of nitro benzene ring substituents is 2. The third-order valence-electron chi connectivity index (χ3n) is 3.48. The van der Waals surface area contributed by atoms with Crippen LogP contribution >= 0.6 is 15.9 Å². The van der Waals surface area contributed by atoms with Crippen molar-refractivity contribution in [3.63, 3.8) is 0 Å². The molecule has 0 aliphatic rings. The molecule has 0 unspecified atom stereocenters. The molecule has 0 aliphatic heterocycles. The summed E-state index contributed by atoms with van der Waals surface area (Å²) >= 11 is 3.18. The average molecular weight is 438 g/mol. The van der Waals surface area contributed by atoms with E-state index in [1.807, 2.05) is 0 Å². The lowest BCUT2D eigenvalue weighted by molar-refractivity contribution is -0.385. The summed E-state index contributed by atoms with van der Waals surface area (Å²) in [5.41, 5.74) is 1.26. The van der Waals surface area contributed by atoms with Gasteiger partial charge in [-0.1, -0.05) is 0 Å². The van der Waals surface area contributed by atoms with E-state index in [-0.39, 0.29) is 17.1 Å². The molecule has 2 aromatic rings. The van der Waals surface area contributed by atoms with Crippen LogP contribution in [0.1, 0.15) is 11.1 Å². The molecular formula is C17H16BrN3O6. The van der Waals surface area contributed by atoms with Crippen LogP contribution in [0.4, 0.5) is 17.1 Å². The maximum absolute atomic E-state index is 10.6. The second kappa shape index (κ2) is 9.49. The number of benzene rings is 2. The normalized spacial score (nSPS) is 9.48. The van der Waals surface area contributed by atoms with E-state index < -0.39 is 9.85 Å². The van der Waals surface area contributed by atoms with Crippen LogP contribution in [-0.4, -0.2) is 24.1 Å². The Morgan fingerprint density at radius 3 is 1.78 bits per heavy atom. The first-order valence-corrected chi connectivity index (χ1v) is 8.14. The van der Waals surface area contributed by atoms with E-state index in [1.54, 1.807) is 19.9 Å². The minimum atomic E-state index is -0.510. The van der Waals surface area contributed by atoms with E-state index in [2.05, 4.69) is 20.8 Å². The molecule has 0 spiro atoms. The van der Waals surface area contributed by atoms with Gasteiger partial charge in [0.1, 0.15) is 11.5 Å². The third kappa shape index (κ3) is 5.39. The number of hydrogen-bond acceptors (Lipinski definition) is 6. The van der Waals surface area contributed by atoms with Crippen molar-refractivity contribution in [1.29, 1.82) is 0 Å². The summed E-state index contributed by atoms with van der Waals surface area (Å²) in [5.74, 6) is 0.964. The van der Waals surface area contributed by atoms with Gasteiger partial charge < -0.3 is 9.47 Å².